The summed E-state index contributed by atoms with van der Waals surface area (Å²) >= 11 is 0. The minimum Gasteiger partial charge on any atom is -0.361 e. The van der Waals surface area contributed by atoms with Crippen molar-refractivity contribution in [2.24, 2.45) is 0 Å². The lowest BCUT2D eigenvalue weighted by Gasteiger charge is -2.19. The highest BCUT2D eigenvalue weighted by molar-refractivity contribution is 7.89. The lowest BCUT2D eigenvalue weighted by molar-refractivity contribution is 0.563. The molecule has 0 aliphatic rings. The zero-order valence-electron chi connectivity index (χ0n) is 10.1. The smallest absolute Gasteiger partial charge is 0.326 e. The summed E-state index contributed by atoms with van der Waals surface area (Å²) in [7, 11) is -4.57. The van der Waals surface area contributed by atoms with E-state index in [0.717, 1.165) is 6.20 Å². The number of anilines is 1. The zero-order valence-corrected chi connectivity index (χ0v) is 10.9. The first kappa shape index (κ1) is 13.7. The molecule has 1 rings (SSSR count). The highest BCUT2D eigenvalue weighted by Crippen LogP contribution is 2.23. The fraction of sp³-hybridized carbons (Fsp3) is 0.333. The Balaban J connectivity index is 2.73. The quantitative estimate of drug-likeness (QED) is 0.846. The largest absolute Gasteiger partial charge is 0.361 e. The summed E-state index contributed by atoms with van der Waals surface area (Å²) in [5.74, 6) is 0. The van der Waals surface area contributed by atoms with Crippen molar-refractivity contribution in [3.63, 3.8) is 0 Å². The van der Waals surface area contributed by atoms with E-state index in [1.807, 2.05) is 24.3 Å². The molecule has 17 heavy (non-hydrogen) atoms. The maximum atomic E-state index is 12.2. The molecule has 5 heteroatoms. The molecule has 0 aliphatic heterocycles. The molecule has 0 bridgehead atoms. The van der Waals surface area contributed by atoms with Gasteiger partial charge in [-0.2, -0.15) is 8.42 Å². The molecule has 1 aromatic carbocycles. The van der Waals surface area contributed by atoms with Gasteiger partial charge in [0.1, 0.15) is 0 Å². The molecule has 3 nitrogen and oxygen atoms in total. The Labute approximate surface area is 102 Å². The molecule has 1 aromatic rings. The Kier molecular flexibility index (Phi) is 3.93. The average Bonchev–Trinajstić information content (AvgIpc) is 2.15. The van der Waals surface area contributed by atoms with Gasteiger partial charge in [-0.15, -0.1) is 3.89 Å². The molecule has 0 amide bonds. The fourth-order valence-corrected chi connectivity index (χ4v) is 1.51. The third-order valence-electron chi connectivity index (χ3n) is 2.23. The van der Waals surface area contributed by atoms with Crippen LogP contribution in [-0.2, 0) is 15.6 Å². The van der Waals surface area contributed by atoms with E-state index in [-0.39, 0.29) is 5.41 Å². The average molecular weight is 257 g/mol. The van der Waals surface area contributed by atoms with Crippen molar-refractivity contribution in [2.75, 3.05) is 5.32 Å². The van der Waals surface area contributed by atoms with E-state index in [2.05, 4.69) is 26.1 Å². The molecule has 0 unspecified atom stereocenters. The minimum atomic E-state index is -4.57. The van der Waals surface area contributed by atoms with Crippen molar-refractivity contribution >= 4 is 15.9 Å². The standard InChI is InChI=1S/C12H16FNO2S/c1-12(2,3)10-4-6-11(7-5-10)14-8-9-17(13,15)16/h4-9,14H,1-3H3. The molecule has 0 radical (unpaired) electrons. The van der Waals surface area contributed by atoms with Crippen LogP contribution in [0.1, 0.15) is 26.3 Å². The molecule has 0 aliphatic carbocycles. The van der Waals surface area contributed by atoms with Crippen LogP contribution in [-0.4, -0.2) is 8.42 Å². The van der Waals surface area contributed by atoms with Crippen LogP contribution in [0.15, 0.2) is 35.9 Å². The Morgan fingerprint density at radius 3 is 2.12 bits per heavy atom. The SMILES string of the molecule is CC(C)(C)c1ccc(NC=CS(=O)(=O)F)cc1. The normalized spacial score (nSPS) is 12.9. The van der Waals surface area contributed by atoms with Gasteiger partial charge in [0.25, 0.3) is 0 Å². The van der Waals surface area contributed by atoms with Crippen LogP contribution >= 0.6 is 0 Å². The van der Waals surface area contributed by atoms with Crippen LogP contribution in [0.25, 0.3) is 0 Å². The molecular formula is C12H16FNO2S. The summed E-state index contributed by atoms with van der Waals surface area (Å²) in [4.78, 5) is 0. The molecule has 0 heterocycles. The topological polar surface area (TPSA) is 46.2 Å². The van der Waals surface area contributed by atoms with Gasteiger partial charge in [0.05, 0.1) is 5.41 Å². The van der Waals surface area contributed by atoms with Gasteiger partial charge in [-0.25, -0.2) is 0 Å². The lowest BCUT2D eigenvalue weighted by atomic mass is 9.87. The van der Waals surface area contributed by atoms with Gasteiger partial charge in [0, 0.05) is 11.9 Å². The number of hydrogen-bond acceptors (Lipinski definition) is 3. The molecule has 0 atom stereocenters. The maximum absolute atomic E-state index is 12.2. The van der Waals surface area contributed by atoms with Crippen LogP contribution in [0.5, 0.6) is 0 Å². The summed E-state index contributed by atoms with van der Waals surface area (Å²) in [5, 5.41) is 3.16. The van der Waals surface area contributed by atoms with E-state index in [1.165, 1.54) is 5.56 Å². The van der Waals surface area contributed by atoms with E-state index in [4.69, 9.17) is 0 Å². The Hall–Kier alpha value is -1.36. The second-order valence-corrected chi connectivity index (χ2v) is 5.97. The van der Waals surface area contributed by atoms with Gasteiger partial charge in [-0.1, -0.05) is 32.9 Å². The molecule has 0 aromatic heterocycles. The van der Waals surface area contributed by atoms with Crippen LogP contribution in [0.2, 0.25) is 0 Å². The Bertz CT molecular complexity index is 498. The zero-order chi connectivity index (χ0) is 13.1. The highest BCUT2D eigenvalue weighted by atomic mass is 32.3. The van der Waals surface area contributed by atoms with Gasteiger partial charge in [0.2, 0.25) is 0 Å². The summed E-state index contributed by atoms with van der Waals surface area (Å²) in [5.41, 5.74) is 1.94. The monoisotopic (exact) mass is 257 g/mol. The molecule has 0 fully saturated rings. The lowest BCUT2D eigenvalue weighted by Crippen LogP contribution is -2.10. The van der Waals surface area contributed by atoms with E-state index in [9.17, 15) is 12.3 Å². The van der Waals surface area contributed by atoms with Crippen molar-refractivity contribution in [1.29, 1.82) is 0 Å². The van der Waals surface area contributed by atoms with Gasteiger partial charge >= 0.3 is 10.2 Å². The number of halogens is 1. The second-order valence-electron chi connectivity index (χ2n) is 4.75. The maximum Gasteiger partial charge on any atom is 0.326 e. The van der Waals surface area contributed by atoms with Crippen LogP contribution < -0.4 is 5.32 Å². The van der Waals surface area contributed by atoms with Crippen molar-refractivity contribution < 1.29 is 12.3 Å². The first-order valence-corrected chi connectivity index (χ1v) is 6.61. The fourth-order valence-electron chi connectivity index (χ4n) is 1.28. The molecule has 1 N–H and O–H groups in total. The van der Waals surface area contributed by atoms with Crippen molar-refractivity contribution in [1.82, 2.24) is 0 Å². The number of nitrogens with one attached hydrogen (secondary N) is 1. The Morgan fingerprint density at radius 2 is 1.71 bits per heavy atom. The van der Waals surface area contributed by atoms with Crippen molar-refractivity contribution in [2.45, 2.75) is 26.2 Å². The second kappa shape index (κ2) is 4.87. The first-order chi connectivity index (χ1) is 7.68. The van der Waals surface area contributed by atoms with Gasteiger partial charge in [-0.3, -0.25) is 0 Å². The first-order valence-electron chi connectivity index (χ1n) is 5.17. The predicted molar refractivity (Wildman–Crippen MR) is 67.9 cm³/mol. The number of rotatable bonds is 3. The summed E-state index contributed by atoms with van der Waals surface area (Å²) in [6, 6.07) is 7.52. The summed E-state index contributed by atoms with van der Waals surface area (Å²) < 4.78 is 32.6. The van der Waals surface area contributed by atoms with E-state index in [1.54, 1.807) is 0 Å². The number of hydrogen-bond donors (Lipinski definition) is 1. The third kappa shape index (κ3) is 4.99. The van der Waals surface area contributed by atoms with Gasteiger partial charge in [-0.05, 0) is 23.1 Å². The molecule has 0 spiro atoms. The van der Waals surface area contributed by atoms with Gasteiger partial charge < -0.3 is 5.32 Å². The van der Waals surface area contributed by atoms with E-state index < -0.39 is 10.2 Å². The predicted octanol–water partition coefficient (Wildman–Crippen LogP) is 3.17. The van der Waals surface area contributed by atoms with Crippen molar-refractivity contribution in [3.8, 4) is 0 Å². The molecular weight excluding hydrogens is 241 g/mol. The Morgan fingerprint density at radius 1 is 1.18 bits per heavy atom. The van der Waals surface area contributed by atoms with Gasteiger partial charge in [0.15, 0.2) is 0 Å². The van der Waals surface area contributed by atoms with Crippen LogP contribution in [0.4, 0.5) is 9.57 Å². The molecule has 0 saturated heterocycles. The van der Waals surface area contributed by atoms with Crippen molar-refractivity contribution in [3.05, 3.63) is 41.4 Å². The molecule has 0 saturated carbocycles. The summed E-state index contributed by atoms with van der Waals surface area (Å²) in [6.07, 6.45) is 1.06. The van der Waals surface area contributed by atoms with Crippen LogP contribution in [0, 0.1) is 0 Å². The third-order valence-corrected chi connectivity index (χ3v) is 2.69. The highest BCUT2D eigenvalue weighted by Gasteiger charge is 2.12. The van der Waals surface area contributed by atoms with E-state index in [0.29, 0.717) is 11.1 Å². The van der Waals surface area contributed by atoms with Crippen LogP contribution in [0.3, 0.4) is 0 Å². The summed E-state index contributed by atoms with van der Waals surface area (Å²) in [6.45, 7) is 6.31. The van der Waals surface area contributed by atoms with E-state index >= 15 is 0 Å². The molecule has 94 valence electrons. The number of benzene rings is 1. The minimum absolute atomic E-state index is 0.0661.